The fourth-order valence-electron chi connectivity index (χ4n) is 3.19. The maximum absolute atomic E-state index is 14.3. The van der Waals surface area contributed by atoms with E-state index in [2.05, 4.69) is 5.32 Å². The standard InChI is InChI=1S/C19H26FNO3/c1-13(2)12-21-17(22)14(3)24-18(23)19(10-6-7-11-19)15-8-4-5-9-16(15)20/h4-5,8-9,13-14H,6-7,10-12H2,1-3H3,(H,21,22)/t14-/m0/s1. The van der Waals surface area contributed by atoms with Crippen LogP contribution in [0.15, 0.2) is 24.3 Å². The Balaban J connectivity index is 2.13. The van der Waals surface area contributed by atoms with Crippen molar-refractivity contribution in [3.8, 4) is 0 Å². The Kier molecular flexibility index (Phi) is 5.97. The fraction of sp³-hybridized carbons (Fsp3) is 0.579. The van der Waals surface area contributed by atoms with Gasteiger partial charge in [-0.2, -0.15) is 0 Å². The number of hydrogen-bond donors (Lipinski definition) is 1. The third-order valence-electron chi connectivity index (χ3n) is 4.57. The third-order valence-corrected chi connectivity index (χ3v) is 4.57. The molecule has 24 heavy (non-hydrogen) atoms. The minimum absolute atomic E-state index is 0.316. The summed E-state index contributed by atoms with van der Waals surface area (Å²) in [6, 6.07) is 6.34. The molecule has 0 heterocycles. The van der Waals surface area contributed by atoms with Crippen LogP contribution in [0, 0.1) is 11.7 Å². The van der Waals surface area contributed by atoms with E-state index in [0.29, 0.717) is 30.9 Å². The molecule has 132 valence electrons. The highest BCUT2D eigenvalue weighted by Crippen LogP contribution is 2.43. The van der Waals surface area contributed by atoms with Crippen molar-refractivity contribution in [2.24, 2.45) is 5.92 Å². The predicted octanol–water partition coefficient (Wildman–Crippen LogP) is 3.34. The minimum Gasteiger partial charge on any atom is -0.452 e. The van der Waals surface area contributed by atoms with E-state index in [1.54, 1.807) is 25.1 Å². The van der Waals surface area contributed by atoms with Gasteiger partial charge in [0.15, 0.2) is 6.10 Å². The second-order valence-corrected chi connectivity index (χ2v) is 6.96. The summed E-state index contributed by atoms with van der Waals surface area (Å²) in [6.07, 6.45) is 1.90. The van der Waals surface area contributed by atoms with Gasteiger partial charge in [-0.25, -0.2) is 4.39 Å². The Morgan fingerprint density at radius 3 is 2.42 bits per heavy atom. The fourth-order valence-corrected chi connectivity index (χ4v) is 3.19. The molecule has 0 saturated heterocycles. The van der Waals surface area contributed by atoms with Crippen LogP contribution in [0.2, 0.25) is 0 Å². The van der Waals surface area contributed by atoms with Crippen molar-refractivity contribution < 1.29 is 18.7 Å². The van der Waals surface area contributed by atoms with Gasteiger partial charge in [-0.05, 0) is 31.7 Å². The van der Waals surface area contributed by atoms with Crippen LogP contribution in [0.3, 0.4) is 0 Å². The van der Waals surface area contributed by atoms with E-state index in [0.717, 1.165) is 12.8 Å². The van der Waals surface area contributed by atoms with Gasteiger partial charge in [0.2, 0.25) is 0 Å². The average Bonchev–Trinajstić information content (AvgIpc) is 3.03. The van der Waals surface area contributed by atoms with E-state index in [-0.39, 0.29) is 5.91 Å². The molecule has 0 radical (unpaired) electrons. The number of halogens is 1. The number of hydrogen-bond acceptors (Lipinski definition) is 3. The van der Waals surface area contributed by atoms with E-state index < -0.39 is 23.3 Å². The van der Waals surface area contributed by atoms with Crippen molar-refractivity contribution in [2.45, 2.75) is 58.0 Å². The predicted molar refractivity (Wildman–Crippen MR) is 89.9 cm³/mol. The molecule has 1 saturated carbocycles. The molecule has 1 aromatic rings. The number of amides is 1. The molecule has 2 rings (SSSR count). The van der Waals surface area contributed by atoms with Crippen molar-refractivity contribution in [1.29, 1.82) is 0 Å². The molecule has 0 bridgehead atoms. The molecule has 5 heteroatoms. The summed E-state index contributed by atoms with van der Waals surface area (Å²) in [5, 5.41) is 2.75. The number of nitrogens with one attached hydrogen (secondary N) is 1. The summed E-state index contributed by atoms with van der Waals surface area (Å²) >= 11 is 0. The van der Waals surface area contributed by atoms with Crippen LogP contribution in [0.4, 0.5) is 4.39 Å². The van der Waals surface area contributed by atoms with Gasteiger partial charge >= 0.3 is 5.97 Å². The van der Waals surface area contributed by atoms with Gasteiger partial charge in [0.25, 0.3) is 5.91 Å². The van der Waals surface area contributed by atoms with Gasteiger partial charge in [0.1, 0.15) is 5.82 Å². The van der Waals surface area contributed by atoms with Crippen LogP contribution in [0.25, 0.3) is 0 Å². The Bertz CT molecular complexity index is 594. The highest BCUT2D eigenvalue weighted by atomic mass is 19.1. The smallest absolute Gasteiger partial charge is 0.317 e. The number of carbonyl (C=O) groups excluding carboxylic acids is 2. The van der Waals surface area contributed by atoms with Crippen molar-refractivity contribution in [3.05, 3.63) is 35.6 Å². The first kappa shape index (κ1) is 18.4. The lowest BCUT2D eigenvalue weighted by atomic mass is 9.78. The van der Waals surface area contributed by atoms with Crippen molar-refractivity contribution in [3.63, 3.8) is 0 Å². The summed E-state index contributed by atoms with van der Waals surface area (Å²) in [5.74, 6) is -0.902. The van der Waals surface area contributed by atoms with Crippen molar-refractivity contribution in [2.75, 3.05) is 6.54 Å². The largest absolute Gasteiger partial charge is 0.452 e. The van der Waals surface area contributed by atoms with E-state index >= 15 is 0 Å². The molecule has 0 aromatic heterocycles. The number of rotatable bonds is 6. The van der Waals surface area contributed by atoms with Gasteiger partial charge in [-0.15, -0.1) is 0 Å². The Morgan fingerprint density at radius 1 is 1.21 bits per heavy atom. The molecule has 0 spiro atoms. The van der Waals surface area contributed by atoms with Crippen LogP contribution in [0.5, 0.6) is 0 Å². The Labute approximate surface area is 142 Å². The first-order chi connectivity index (χ1) is 11.4. The van der Waals surface area contributed by atoms with E-state index in [1.807, 2.05) is 13.8 Å². The van der Waals surface area contributed by atoms with Gasteiger partial charge in [-0.3, -0.25) is 9.59 Å². The lowest BCUT2D eigenvalue weighted by Gasteiger charge is -2.29. The molecule has 4 nitrogen and oxygen atoms in total. The molecular formula is C19H26FNO3. The minimum atomic E-state index is -0.974. The van der Waals surface area contributed by atoms with Crippen LogP contribution < -0.4 is 5.32 Å². The summed E-state index contributed by atoms with van der Waals surface area (Å²) in [5.41, 5.74) is -0.597. The second kappa shape index (κ2) is 7.77. The van der Waals surface area contributed by atoms with Gasteiger partial charge in [0.05, 0.1) is 5.41 Å². The molecular weight excluding hydrogens is 309 g/mol. The van der Waals surface area contributed by atoms with Crippen molar-refractivity contribution in [1.82, 2.24) is 5.32 Å². The topological polar surface area (TPSA) is 55.4 Å². The maximum atomic E-state index is 14.3. The van der Waals surface area contributed by atoms with Crippen LogP contribution >= 0.6 is 0 Å². The average molecular weight is 335 g/mol. The lowest BCUT2D eigenvalue weighted by molar-refractivity contribution is -0.160. The molecule has 1 aliphatic carbocycles. The molecule has 1 aliphatic rings. The normalized spacial score (nSPS) is 17.5. The lowest BCUT2D eigenvalue weighted by Crippen LogP contribution is -2.42. The number of carbonyl (C=O) groups is 2. The summed E-state index contributed by atoms with van der Waals surface area (Å²) in [6.45, 7) is 6.06. The molecule has 0 unspecified atom stereocenters. The SMILES string of the molecule is CC(C)CNC(=O)[C@H](C)OC(=O)C1(c2ccccc2F)CCCC1. The van der Waals surface area contributed by atoms with E-state index in [4.69, 9.17) is 4.74 Å². The summed E-state index contributed by atoms with van der Waals surface area (Å²) in [7, 11) is 0. The Morgan fingerprint density at radius 2 is 1.83 bits per heavy atom. The molecule has 1 amide bonds. The van der Waals surface area contributed by atoms with Gasteiger partial charge in [-0.1, -0.05) is 44.9 Å². The third kappa shape index (κ3) is 3.94. The maximum Gasteiger partial charge on any atom is 0.317 e. The van der Waals surface area contributed by atoms with Crippen LogP contribution in [0.1, 0.15) is 52.0 Å². The quantitative estimate of drug-likeness (QED) is 0.811. The monoisotopic (exact) mass is 335 g/mol. The van der Waals surface area contributed by atoms with Crippen molar-refractivity contribution >= 4 is 11.9 Å². The molecule has 1 aromatic carbocycles. The first-order valence-electron chi connectivity index (χ1n) is 8.60. The zero-order valence-corrected chi connectivity index (χ0v) is 14.6. The van der Waals surface area contributed by atoms with Gasteiger partial charge in [0, 0.05) is 12.1 Å². The van der Waals surface area contributed by atoms with E-state index in [9.17, 15) is 14.0 Å². The summed E-state index contributed by atoms with van der Waals surface area (Å²) < 4.78 is 19.7. The molecule has 1 atom stereocenters. The highest BCUT2D eigenvalue weighted by Gasteiger charge is 2.46. The first-order valence-corrected chi connectivity index (χ1v) is 8.60. The zero-order chi connectivity index (χ0) is 17.7. The molecule has 1 fully saturated rings. The summed E-state index contributed by atoms with van der Waals surface area (Å²) in [4.78, 5) is 24.8. The zero-order valence-electron chi connectivity index (χ0n) is 14.6. The number of benzene rings is 1. The van der Waals surface area contributed by atoms with E-state index in [1.165, 1.54) is 6.07 Å². The Hall–Kier alpha value is -1.91. The molecule has 0 aliphatic heterocycles. The number of ether oxygens (including phenoxy) is 1. The second-order valence-electron chi connectivity index (χ2n) is 6.96. The van der Waals surface area contributed by atoms with Crippen LogP contribution in [-0.2, 0) is 19.7 Å². The highest BCUT2D eigenvalue weighted by molar-refractivity contribution is 5.88. The number of esters is 1. The van der Waals surface area contributed by atoms with Gasteiger partial charge < -0.3 is 10.1 Å². The molecule has 1 N–H and O–H groups in total. The van der Waals surface area contributed by atoms with Crippen LogP contribution in [-0.4, -0.2) is 24.5 Å².